The van der Waals surface area contributed by atoms with E-state index in [1.807, 2.05) is 26.0 Å². The number of unbranched alkanes of at least 4 members (excludes halogenated alkanes) is 1. The number of ether oxygens (including phenoxy) is 1. The fourth-order valence-corrected chi connectivity index (χ4v) is 4.50. The number of hydrogen-bond donors (Lipinski definition) is 4. The molecule has 0 spiro atoms. The van der Waals surface area contributed by atoms with Crippen LogP contribution in [0.15, 0.2) is 36.4 Å². The van der Waals surface area contributed by atoms with E-state index >= 15 is 0 Å². The Bertz CT molecular complexity index is 1450. The molecule has 3 amide bonds. The van der Waals surface area contributed by atoms with E-state index in [9.17, 15) is 51.0 Å². The maximum Gasteiger partial charge on any atom is 0.430 e. The zero-order chi connectivity index (χ0) is 38.4. The Balaban J connectivity index is 0.000000748. The lowest BCUT2D eigenvalue weighted by atomic mass is 9.89. The molecule has 5 N–H and O–H groups in total. The molecule has 0 aliphatic carbocycles. The van der Waals surface area contributed by atoms with Crippen LogP contribution in [0.5, 0.6) is 5.75 Å². The Hall–Kier alpha value is -5.18. The largest absolute Gasteiger partial charge is 0.542 e. The van der Waals surface area contributed by atoms with Gasteiger partial charge in [0.05, 0.1) is 0 Å². The third-order valence-corrected chi connectivity index (χ3v) is 6.73. The minimum absolute atomic E-state index is 0.166. The second kappa shape index (κ2) is 18.5. The van der Waals surface area contributed by atoms with Crippen LogP contribution in [0.3, 0.4) is 0 Å². The molecule has 15 nitrogen and oxygen atoms in total. The molecule has 2 unspecified atom stereocenters. The predicted octanol–water partition coefficient (Wildman–Crippen LogP) is -0.762. The summed E-state index contributed by atoms with van der Waals surface area (Å²) in [5, 5.41) is 39.4. The Morgan fingerprint density at radius 3 is 1.92 bits per heavy atom. The molecule has 1 aliphatic rings. The monoisotopic (exact) mass is 724 g/mol. The molecule has 2 aromatic rings. The van der Waals surface area contributed by atoms with Crippen LogP contribution >= 0.6 is 0 Å². The molecule has 0 radical (unpaired) electrons. The number of carboxylic acid groups (broad SMARTS) is 3. The van der Waals surface area contributed by atoms with Gasteiger partial charge in [0.25, 0.3) is 5.91 Å². The number of alkyl halides is 6. The quantitative estimate of drug-likeness (QED) is 0.0966. The number of carboxylic acids is 2. The van der Waals surface area contributed by atoms with Crippen LogP contribution in [-0.2, 0) is 31.3 Å². The van der Waals surface area contributed by atoms with E-state index in [0.717, 1.165) is 17.0 Å². The number of nitrogens with zero attached hydrogens (tertiary/aromatic N) is 2. The molecule has 278 valence electrons. The van der Waals surface area contributed by atoms with Crippen molar-refractivity contribution in [3.8, 4) is 5.75 Å². The van der Waals surface area contributed by atoms with Crippen molar-refractivity contribution in [2.75, 3.05) is 13.1 Å². The highest BCUT2D eigenvalue weighted by molar-refractivity contribution is 5.94. The average Bonchev–Trinajstić information content (AvgIpc) is 3.31. The number of rotatable bonds is 11. The van der Waals surface area contributed by atoms with Gasteiger partial charge in [-0.2, -0.15) is 26.3 Å². The molecule has 1 aliphatic heterocycles. The first kappa shape index (κ1) is 42.8. The van der Waals surface area contributed by atoms with E-state index in [-0.39, 0.29) is 19.5 Å². The van der Waals surface area contributed by atoms with E-state index in [1.54, 1.807) is 29.7 Å². The second-order valence-electron chi connectivity index (χ2n) is 10.6. The van der Waals surface area contributed by atoms with Crippen LogP contribution in [-0.4, -0.2) is 76.4 Å². The van der Waals surface area contributed by atoms with Gasteiger partial charge in [-0.15, -0.1) is 0 Å². The molecule has 0 saturated carbocycles. The number of hydroxylamine groups is 1. The smallest absolute Gasteiger partial charge is 0.430 e. The summed E-state index contributed by atoms with van der Waals surface area (Å²) in [6.07, 6.45) is -10.3. The zero-order valence-electron chi connectivity index (χ0n) is 26.4. The second-order valence-corrected chi connectivity index (χ2v) is 10.6. The molecule has 2 heterocycles. The number of benzene rings is 1. The van der Waals surface area contributed by atoms with E-state index < -0.39 is 53.8 Å². The number of nitrogens with one attached hydrogen (secondary N) is 2. The predicted molar refractivity (Wildman–Crippen MR) is 150 cm³/mol. The normalized spacial score (nSPS) is 16.2. The summed E-state index contributed by atoms with van der Waals surface area (Å²) < 4.78 is 69.0. The highest BCUT2D eigenvalue weighted by atomic mass is 19.4. The Morgan fingerprint density at radius 2 is 1.48 bits per heavy atom. The number of halogens is 6. The first-order valence-electron chi connectivity index (χ1n) is 14.3. The maximum atomic E-state index is 13.3. The summed E-state index contributed by atoms with van der Waals surface area (Å²) in [6, 6.07) is 9.98. The van der Waals surface area contributed by atoms with Crippen molar-refractivity contribution >= 4 is 29.8 Å². The standard InChI is InChI=1S/C25H33N5O6.2C2HF3O2/c1-16-13-18(14-17(2)28-16)15-36-20-8-6-19(7-9-20)25(26)10-12-30(23(25)32)21(22(31)29-35)5-3-4-11-27-24(33)34;2*3-2(4,5)1(6)7/h6-9,13-14,21,27,35H,3-5,10-12,15,26H2,1-2H3,(H,29,31)(H,33,34);2*(H,6,7)/p-3. The molecule has 0 bridgehead atoms. The van der Waals surface area contributed by atoms with Gasteiger partial charge in [0, 0.05) is 24.5 Å². The Kier molecular flexibility index (Phi) is 15.9. The minimum Gasteiger partial charge on any atom is -0.542 e. The lowest BCUT2D eigenvalue weighted by molar-refractivity contribution is -0.344. The average molecular weight is 725 g/mol. The Labute approximate surface area is 280 Å². The van der Waals surface area contributed by atoms with Crippen LogP contribution in [0.1, 0.15) is 48.2 Å². The number of hydrogen-bond acceptors (Lipinski definition) is 12. The molecule has 50 heavy (non-hydrogen) atoms. The highest BCUT2D eigenvalue weighted by Gasteiger charge is 2.48. The maximum absolute atomic E-state index is 13.3. The molecule has 3 rings (SSSR count). The van der Waals surface area contributed by atoms with Gasteiger partial charge >= 0.3 is 12.4 Å². The van der Waals surface area contributed by atoms with Gasteiger partial charge in [0.15, 0.2) is 0 Å². The Morgan fingerprint density at radius 1 is 0.980 bits per heavy atom. The van der Waals surface area contributed by atoms with Crippen molar-refractivity contribution in [3.05, 3.63) is 58.9 Å². The lowest BCUT2D eigenvalue weighted by Crippen LogP contribution is -2.52. The molecule has 1 saturated heterocycles. The van der Waals surface area contributed by atoms with Crippen molar-refractivity contribution < 1.29 is 75.6 Å². The number of amides is 3. The van der Waals surface area contributed by atoms with Gasteiger partial charge in [0.2, 0.25) is 5.91 Å². The van der Waals surface area contributed by atoms with Crippen molar-refractivity contribution in [1.82, 2.24) is 20.7 Å². The van der Waals surface area contributed by atoms with Gasteiger partial charge in [-0.3, -0.25) is 19.8 Å². The van der Waals surface area contributed by atoms with Crippen LogP contribution in [0.2, 0.25) is 0 Å². The summed E-state index contributed by atoms with van der Waals surface area (Å²) in [5.74, 6) is -6.52. The molecule has 1 aromatic carbocycles. The van der Waals surface area contributed by atoms with Gasteiger partial charge in [0.1, 0.15) is 42.0 Å². The van der Waals surface area contributed by atoms with Crippen LogP contribution in [0.4, 0.5) is 31.1 Å². The van der Waals surface area contributed by atoms with Crippen LogP contribution in [0, 0.1) is 13.8 Å². The highest BCUT2D eigenvalue weighted by Crippen LogP contribution is 2.34. The number of carbonyl (C=O) groups excluding carboxylic acids is 5. The topological polar surface area (TPSA) is 250 Å². The zero-order valence-corrected chi connectivity index (χ0v) is 26.4. The number of aliphatic carboxylic acids is 2. The van der Waals surface area contributed by atoms with Crippen molar-refractivity contribution in [1.29, 1.82) is 0 Å². The number of carbonyl (C=O) groups is 5. The fraction of sp³-hybridized carbons (Fsp3) is 0.448. The van der Waals surface area contributed by atoms with Crippen molar-refractivity contribution in [2.24, 2.45) is 5.73 Å². The number of aryl methyl sites for hydroxylation is 2. The lowest BCUT2D eigenvalue weighted by Gasteiger charge is -2.29. The summed E-state index contributed by atoms with van der Waals surface area (Å²) in [5.41, 5.74) is 10.3. The van der Waals surface area contributed by atoms with Gasteiger partial charge in [-0.25, -0.2) is 5.48 Å². The third-order valence-electron chi connectivity index (χ3n) is 6.73. The van der Waals surface area contributed by atoms with E-state index in [4.69, 9.17) is 30.3 Å². The van der Waals surface area contributed by atoms with Crippen molar-refractivity contribution in [3.63, 3.8) is 0 Å². The number of likely N-dealkylation sites (tertiary alicyclic amines) is 1. The molecular weight excluding hydrogens is 692 g/mol. The molecule has 21 heteroatoms. The van der Waals surface area contributed by atoms with Gasteiger partial charge in [-0.05, 0) is 74.9 Å². The fourth-order valence-electron chi connectivity index (χ4n) is 4.50. The van der Waals surface area contributed by atoms with E-state index in [2.05, 4.69) is 10.3 Å². The van der Waals surface area contributed by atoms with E-state index in [1.165, 1.54) is 4.90 Å². The number of aromatic nitrogens is 1. The minimum atomic E-state index is -5.19. The van der Waals surface area contributed by atoms with E-state index in [0.29, 0.717) is 37.2 Å². The summed E-state index contributed by atoms with van der Waals surface area (Å²) >= 11 is 0. The van der Waals surface area contributed by atoms with Gasteiger partial charge in [-0.1, -0.05) is 12.1 Å². The number of pyridine rings is 1. The van der Waals surface area contributed by atoms with Crippen molar-refractivity contribution in [2.45, 2.75) is 70.1 Å². The first-order valence-corrected chi connectivity index (χ1v) is 14.3. The van der Waals surface area contributed by atoms with Gasteiger partial charge < -0.3 is 50.4 Å². The summed E-state index contributed by atoms with van der Waals surface area (Å²) in [7, 11) is 0. The molecule has 2 atom stereocenters. The molecule has 1 fully saturated rings. The van der Waals surface area contributed by atoms with Crippen LogP contribution in [0.25, 0.3) is 0 Å². The molecular formula is C29H32F6N5O10-3. The summed E-state index contributed by atoms with van der Waals surface area (Å²) in [6.45, 7) is 4.64. The SMILES string of the molecule is Cc1cc(COc2ccc(C3(N)CCN(C(CCCCNC(=O)[O-])C(=O)NO)C3=O)cc2)cc(C)n1.O=C([O-])C(F)(F)F.O=C([O-])C(F)(F)F. The number of nitrogens with two attached hydrogens (primary N) is 1. The first-order chi connectivity index (χ1) is 23.0. The third kappa shape index (κ3) is 13.7. The molecule has 1 aromatic heterocycles. The summed E-state index contributed by atoms with van der Waals surface area (Å²) in [4.78, 5) is 59.4. The van der Waals surface area contributed by atoms with Crippen LogP contribution < -0.4 is 36.6 Å².